The van der Waals surface area contributed by atoms with E-state index in [1.54, 1.807) is 0 Å². The van der Waals surface area contributed by atoms with E-state index < -0.39 is 11.0 Å². The number of aliphatic hydroxyl groups is 1. The minimum Gasteiger partial charge on any atom is -0.489 e. The minimum atomic E-state index is -0.717. The van der Waals surface area contributed by atoms with Gasteiger partial charge in [-0.25, -0.2) is 0 Å². The SMILES string of the molecule is CCNCC(O)COc1ccc([N+](=O)[O-])cc1NC(C)=O. The number of anilines is 1. The van der Waals surface area contributed by atoms with Crippen LogP contribution in [0.4, 0.5) is 11.4 Å². The Hall–Kier alpha value is -2.19. The summed E-state index contributed by atoms with van der Waals surface area (Å²) in [5.74, 6) is -0.0973. The molecule has 8 heteroatoms. The van der Waals surface area contributed by atoms with E-state index in [1.165, 1.54) is 25.1 Å². The molecule has 0 aliphatic heterocycles. The molecular formula is C13H19N3O5. The maximum Gasteiger partial charge on any atom is 0.271 e. The maximum atomic E-state index is 11.1. The maximum absolute atomic E-state index is 11.1. The Morgan fingerprint density at radius 1 is 1.52 bits per heavy atom. The average molecular weight is 297 g/mol. The van der Waals surface area contributed by atoms with E-state index in [0.29, 0.717) is 6.54 Å². The van der Waals surface area contributed by atoms with Crippen LogP contribution in [-0.2, 0) is 4.79 Å². The van der Waals surface area contributed by atoms with E-state index in [-0.39, 0.29) is 29.6 Å². The number of aliphatic hydroxyl groups excluding tert-OH is 1. The van der Waals surface area contributed by atoms with Gasteiger partial charge in [0.25, 0.3) is 5.69 Å². The molecule has 0 fully saturated rings. The van der Waals surface area contributed by atoms with Crippen molar-refractivity contribution >= 4 is 17.3 Å². The van der Waals surface area contributed by atoms with Gasteiger partial charge in [-0.15, -0.1) is 0 Å². The summed E-state index contributed by atoms with van der Waals surface area (Å²) in [6.45, 7) is 4.32. The second-order valence-electron chi connectivity index (χ2n) is 4.39. The van der Waals surface area contributed by atoms with Gasteiger partial charge in [-0.3, -0.25) is 14.9 Å². The number of ether oxygens (including phenoxy) is 1. The molecule has 0 saturated carbocycles. The number of benzene rings is 1. The fourth-order valence-corrected chi connectivity index (χ4v) is 1.60. The number of nitrogens with one attached hydrogen (secondary N) is 2. The lowest BCUT2D eigenvalue weighted by atomic mass is 10.2. The third-order valence-electron chi connectivity index (χ3n) is 2.55. The molecule has 1 rings (SSSR count). The predicted molar refractivity (Wildman–Crippen MR) is 77.4 cm³/mol. The van der Waals surface area contributed by atoms with Crippen molar-refractivity contribution in [2.24, 2.45) is 0 Å². The van der Waals surface area contributed by atoms with Gasteiger partial charge in [0.2, 0.25) is 5.91 Å². The molecule has 0 aliphatic carbocycles. The number of amides is 1. The summed E-state index contributed by atoms with van der Waals surface area (Å²) >= 11 is 0. The van der Waals surface area contributed by atoms with Crippen LogP contribution in [0.15, 0.2) is 18.2 Å². The first-order chi connectivity index (χ1) is 9.93. The first kappa shape index (κ1) is 16.9. The Morgan fingerprint density at radius 3 is 2.81 bits per heavy atom. The lowest BCUT2D eigenvalue weighted by molar-refractivity contribution is -0.384. The topological polar surface area (TPSA) is 114 Å². The smallest absolute Gasteiger partial charge is 0.271 e. The molecule has 0 heterocycles. The standard InChI is InChI=1S/C13H19N3O5/c1-3-14-7-11(18)8-21-13-5-4-10(16(19)20)6-12(13)15-9(2)17/h4-6,11,14,18H,3,7-8H2,1-2H3,(H,15,17). The number of nitro groups is 1. The molecule has 1 unspecified atom stereocenters. The number of nitrogens with zero attached hydrogens (tertiary/aromatic N) is 1. The third-order valence-corrected chi connectivity index (χ3v) is 2.55. The highest BCUT2D eigenvalue weighted by molar-refractivity contribution is 5.90. The third kappa shape index (κ3) is 5.76. The fraction of sp³-hybridized carbons (Fsp3) is 0.462. The van der Waals surface area contributed by atoms with Crippen molar-refractivity contribution < 1.29 is 19.6 Å². The molecule has 0 radical (unpaired) electrons. The Morgan fingerprint density at radius 2 is 2.24 bits per heavy atom. The van der Waals surface area contributed by atoms with Crippen LogP contribution in [0.3, 0.4) is 0 Å². The quantitative estimate of drug-likeness (QED) is 0.485. The van der Waals surface area contributed by atoms with Crippen molar-refractivity contribution in [1.82, 2.24) is 5.32 Å². The molecule has 8 nitrogen and oxygen atoms in total. The van der Waals surface area contributed by atoms with Gasteiger partial charge in [-0.2, -0.15) is 0 Å². The molecule has 3 N–H and O–H groups in total. The number of carbonyl (C=O) groups is 1. The largest absolute Gasteiger partial charge is 0.489 e. The number of hydrogen-bond donors (Lipinski definition) is 3. The normalized spacial score (nSPS) is 11.8. The van der Waals surface area contributed by atoms with Gasteiger partial charge in [0.15, 0.2) is 0 Å². The molecule has 1 aromatic carbocycles. The van der Waals surface area contributed by atoms with Crippen molar-refractivity contribution in [1.29, 1.82) is 0 Å². The van der Waals surface area contributed by atoms with E-state index in [4.69, 9.17) is 4.74 Å². The van der Waals surface area contributed by atoms with Crippen LogP contribution in [0.25, 0.3) is 0 Å². The zero-order valence-electron chi connectivity index (χ0n) is 12.0. The number of rotatable bonds is 8. The van der Waals surface area contributed by atoms with Crippen molar-refractivity contribution in [2.45, 2.75) is 20.0 Å². The molecule has 0 aliphatic rings. The van der Waals surface area contributed by atoms with E-state index in [9.17, 15) is 20.0 Å². The van der Waals surface area contributed by atoms with Crippen LogP contribution >= 0.6 is 0 Å². The number of carbonyl (C=O) groups excluding carboxylic acids is 1. The van der Waals surface area contributed by atoms with Crippen LogP contribution in [0.2, 0.25) is 0 Å². The highest BCUT2D eigenvalue weighted by Crippen LogP contribution is 2.29. The first-order valence-electron chi connectivity index (χ1n) is 6.51. The Bertz CT molecular complexity index is 507. The van der Waals surface area contributed by atoms with E-state index in [1.807, 2.05) is 6.92 Å². The van der Waals surface area contributed by atoms with E-state index in [2.05, 4.69) is 10.6 Å². The molecule has 1 aromatic rings. The Labute approximate surface area is 122 Å². The lowest BCUT2D eigenvalue weighted by Gasteiger charge is -2.15. The van der Waals surface area contributed by atoms with Gasteiger partial charge in [0, 0.05) is 25.6 Å². The fourth-order valence-electron chi connectivity index (χ4n) is 1.60. The molecule has 1 amide bonds. The van der Waals surface area contributed by atoms with Crippen molar-refractivity contribution in [2.75, 3.05) is 25.0 Å². The van der Waals surface area contributed by atoms with Crippen LogP contribution in [0.5, 0.6) is 5.75 Å². The van der Waals surface area contributed by atoms with Crippen LogP contribution in [0.1, 0.15) is 13.8 Å². The average Bonchev–Trinajstić information content (AvgIpc) is 2.42. The van der Waals surface area contributed by atoms with Gasteiger partial charge in [-0.05, 0) is 12.6 Å². The van der Waals surface area contributed by atoms with Crippen LogP contribution in [0, 0.1) is 10.1 Å². The highest BCUT2D eigenvalue weighted by Gasteiger charge is 2.14. The zero-order valence-corrected chi connectivity index (χ0v) is 12.0. The lowest BCUT2D eigenvalue weighted by Crippen LogP contribution is -2.31. The molecular weight excluding hydrogens is 278 g/mol. The zero-order chi connectivity index (χ0) is 15.8. The van der Waals surface area contributed by atoms with Gasteiger partial charge in [0.1, 0.15) is 18.5 Å². The second kappa shape index (κ2) is 8.18. The summed E-state index contributed by atoms with van der Waals surface area (Å²) in [7, 11) is 0. The first-order valence-corrected chi connectivity index (χ1v) is 6.51. The number of likely N-dealkylation sites (N-methyl/N-ethyl adjacent to an activating group) is 1. The minimum absolute atomic E-state index is 0.0113. The summed E-state index contributed by atoms with van der Waals surface area (Å²) in [5.41, 5.74) is 0.0478. The summed E-state index contributed by atoms with van der Waals surface area (Å²) in [4.78, 5) is 21.3. The van der Waals surface area contributed by atoms with Crippen molar-refractivity contribution in [3.05, 3.63) is 28.3 Å². The Balaban J connectivity index is 2.79. The molecule has 1 atom stereocenters. The Kier molecular flexibility index (Phi) is 6.57. The van der Waals surface area contributed by atoms with E-state index in [0.717, 1.165) is 6.54 Å². The molecule has 116 valence electrons. The van der Waals surface area contributed by atoms with E-state index >= 15 is 0 Å². The van der Waals surface area contributed by atoms with Gasteiger partial charge < -0.3 is 20.5 Å². The predicted octanol–water partition coefficient (Wildman–Crippen LogP) is 0.902. The van der Waals surface area contributed by atoms with Crippen LogP contribution in [-0.4, -0.2) is 41.7 Å². The second-order valence-corrected chi connectivity index (χ2v) is 4.39. The molecule has 0 saturated heterocycles. The highest BCUT2D eigenvalue weighted by atomic mass is 16.6. The summed E-state index contributed by atoms with van der Waals surface area (Å²) < 4.78 is 5.40. The summed E-state index contributed by atoms with van der Waals surface area (Å²) in [6.07, 6.45) is -0.717. The summed E-state index contributed by atoms with van der Waals surface area (Å²) in [5, 5.41) is 25.8. The van der Waals surface area contributed by atoms with Gasteiger partial charge in [0.05, 0.1) is 10.6 Å². The van der Waals surface area contributed by atoms with Crippen LogP contribution < -0.4 is 15.4 Å². The van der Waals surface area contributed by atoms with Crippen molar-refractivity contribution in [3.8, 4) is 5.75 Å². The molecule has 0 aromatic heterocycles. The van der Waals surface area contributed by atoms with Gasteiger partial charge in [-0.1, -0.05) is 6.92 Å². The number of hydrogen-bond acceptors (Lipinski definition) is 6. The van der Waals surface area contributed by atoms with Gasteiger partial charge >= 0.3 is 0 Å². The molecule has 0 bridgehead atoms. The summed E-state index contributed by atoms with van der Waals surface area (Å²) in [6, 6.07) is 3.88. The molecule has 0 spiro atoms. The molecule has 21 heavy (non-hydrogen) atoms. The number of nitro benzene ring substituents is 1. The van der Waals surface area contributed by atoms with Crippen molar-refractivity contribution in [3.63, 3.8) is 0 Å². The number of non-ortho nitro benzene ring substituents is 1. The monoisotopic (exact) mass is 297 g/mol.